The molecule has 0 radical (unpaired) electrons. The molecule has 0 N–H and O–H groups in total. The van der Waals surface area contributed by atoms with E-state index in [1.165, 1.54) is 11.3 Å². The summed E-state index contributed by atoms with van der Waals surface area (Å²) in [5, 5.41) is 0.604. The smallest absolute Gasteiger partial charge is 0.348 e. The molecule has 0 amide bonds. The van der Waals surface area contributed by atoms with Crippen molar-refractivity contribution in [2.24, 2.45) is 0 Å². The Bertz CT molecular complexity index is 596. The van der Waals surface area contributed by atoms with E-state index >= 15 is 0 Å². The Balaban J connectivity index is 1.77. The van der Waals surface area contributed by atoms with Crippen LogP contribution in [0, 0.1) is 0 Å². The van der Waals surface area contributed by atoms with Gasteiger partial charge in [-0.15, -0.1) is 11.3 Å². The summed E-state index contributed by atoms with van der Waals surface area (Å²) in [5.41, 5.74) is 0. The Morgan fingerprint density at radius 1 is 1.25 bits per heavy atom. The van der Waals surface area contributed by atoms with E-state index in [0.717, 1.165) is 8.26 Å². The Morgan fingerprint density at radius 2 is 2.05 bits per heavy atom. The van der Waals surface area contributed by atoms with E-state index in [4.69, 9.17) is 21.1 Å². The van der Waals surface area contributed by atoms with Gasteiger partial charge in [0.15, 0.2) is 0 Å². The van der Waals surface area contributed by atoms with Crippen LogP contribution in [0.4, 0.5) is 0 Å². The third kappa shape index (κ3) is 4.48. The van der Waals surface area contributed by atoms with Gasteiger partial charge < -0.3 is 9.47 Å². The van der Waals surface area contributed by atoms with Gasteiger partial charge in [-0.25, -0.2) is 4.79 Å². The van der Waals surface area contributed by atoms with Crippen molar-refractivity contribution in [3.63, 3.8) is 0 Å². The molecule has 0 saturated carbocycles. The normalized spacial score (nSPS) is 10.3. The first-order chi connectivity index (χ1) is 9.56. The van der Waals surface area contributed by atoms with Crippen molar-refractivity contribution in [3.05, 3.63) is 48.5 Å². The Hall–Kier alpha value is -0.560. The van der Waals surface area contributed by atoms with Crippen molar-refractivity contribution in [1.82, 2.24) is 0 Å². The lowest BCUT2D eigenvalue weighted by Gasteiger charge is -2.06. The summed E-state index contributed by atoms with van der Waals surface area (Å²) in [6.07, 6.45) is 0. The topological polar surface area (TPSA) is 35.5 Å². The number of hydrogen-bond acceptors (Lipinski definition) is 4. The van der Waals surface area contributed by atoms with Crippen LogP contribution < -0.4 is 4.74 Å². The fraction of sp³-hybridized carbons (Fsp3) is 0.154. The highest BCUT2D eigenvalue weighted by Gasteiger charge is 2.13. The number of hydrogen-bond donors (Lipinski definition) is 0. The second-order valence-electron chi connectivity index (χ2n) is 3.67. The number of halogens is 3. The maximum Gasteiger partial charge on any atom is 0.348 e. The van der Waals surface area contributed by atoms with Gasteiger partial charge in [0.2, 0.25) is 0 Å². The van der Waals surface area contributed by atoms with E-state index in [2.05, 4.69) is 31.9 Å². The predicted octanol–water partition coefficient (Wildman–Crippen LogP) is 5.16. The molecule has 0 bridgehead atoms. The van der Waals surface area contributed by atoms with Crippen molar-refractivity contribution in [3.8, 4) is 5.75 Å². The minimum Gasteiger partial charge on any atom is -0.490 e. The molecule has 7 heteroatoms. The lowest BCUT2D eigenvalue weighted by atomic mass is 10.3. The molecule has 2 rings (SSSR count). The van der Waals surface area contributed by atoms with E-state index in [1.807, 2.05) is 0 Å². The van der Waals surface area contributed by atoms with E-state index in [1.54, 1.807) is 30.3 Å². The van der Waals surface area contributed by atoms with Crippen LogP contribution in [-0.4, -0.2) is 19.2 Å². The van der Waals surface area contributed by atoms with Crippen molar-refractivity contribution in [1.29, 1.82) is 0 Å². The van der Waals surface area contributed by atoms with Gasteiger partial charge in [0.25, 0.3) is 0 Å². The largest absolute Gasteiger partial charge is 0.490 e. The molecule has 0 saturated heterocycles. The number of rotatable bonds is 5. The van der Waals surface area contributed by atoms with Crippen LogP contribution >= 0.6 is 54.8 Å². The highest BCUT2D eigenvalue weighted by atomic mass is 79.9. The van der Waals surface area contributed by atoms with E-state index in [-0.39, 0.29) is 19.2 Å². The molecule has 1 heterocycles. The lowest BCUT2D eigenvalue weighted by Crippen LogP contribution is -2.11. The van der Waals surface area contributed by atoms with E-state index in [9.17, 15) is 4.79 Å². The molecule has 0 atom stereocenters. The summed E-state index contributed by atoms with van der Waals surface area (Å²) >= 11 is 13.8. The fourth-order valence-electron chi connectivity index (χ4n) is 1.37. The number of esters is 1. The highest BCUT2D eigenvalue weighted by Crippen LogP contribution is 2.32. The predicted molar refractivity (Wildman–Crippen MR) is 86.9 cm³/mol. The van der Waals surface area contributed by atoms with Gasteiger partial charge in [-0.3, -0.25) is 0 Å². The zero-order valence-corrected chi connectivity index (χ0v) is 14.8. The molecule has 0 aliphatic rings. The molecular weight excluding hydrogens is 431 g/mol. The van der Waals surface area contributed by atoms with Crippen LogP contribution in [0.5, 0.6) is 5.75 Å². The molecule has 106 valence electrons. The lowest BCUT2D eigenvalue weighted by molar-refractivity contribution is 0.0456. The van der Waals surface area contributed by atoms with Gasteiger partial charge in [0.1, 0.15) is 23.8 Å². The van der Waals surface area contributed by atoms with E-state index < -0.39 is 0 Å². The molecule has 3 nitrogen and oxygen atoms in total. The number of ether oxygens (including phenoxy) is 2. The van der Waals surface area contributed by atoms with Crippen LogP contribution in [0.1, 0.15) is 9.67 Å². The molecule has 0 aliphatic carbocycles. The first-order valence-electron chi connectivity index (χ1n) is 5.56. The minimum atomic E-state index is -0.365. The molecule has 0 spiro atoms. The van der Waals surface area contributed by atoms with Crippen molar-refractivity contribution >= 4 is 60.8 Å². The molecule has 1 aromatic heterocycles. The molecule has 0 aliphatic heterocycles. The fourth-order valence-corrected chi connectivity index (χ4v) is 3.48. The average Bonchev–Trinajstić information content (AvgIpc) is 2.75. The summed E-state index contributed by atoms with van der Waals surface area (Å²) in [6.45, 7) is 0.457. The number of benzene rings is 1. The molecule has 1 aromatic carbocycles. The third-order valence-electron chi connectivity index (χ3n) is 2.23. The van der Waals surface area contributed by atoms with Crippen molar-refractivity contribution < 1.29 is 14.3 Å². The second kappa shape index (κ2) is 7.45. The number of carbonyl (C=O) groups excluding carboxylic acids is 1. The Labute approximate surface area is 142 Å². The Morgan fingerprint density at radius 3 is 2.70 bits per heavy atom. The molecule has 20 heavy (non-hydrogen) atoms. The van der Waals surface area contributed by atoms with Gasteiger partial charge in [-0.2, -0.15) is 0 Å². The molecular formula is C13H9Br2ClO3S. The summed E-state index contributed by atoms with van der Waals surface area (Å²) < 4.78 is 12.2. The van der Waals surface area contributed by atoms with Gasteiger partial charge in [0, 0.05) is 9.50 Å². The maximum absolute atomic E-state index is 11.7. The van der Waals surface area contributed by atoms with Crippen LogP contribution in [0.3, 0.4) is 0 Å². The van der Waals surface area contributed by atoms with Crippen LogP contribution in [0.2, 0.25) is 5.02 Å². The summed E-state index contributed by atoms with van der Waals surface area (Å²) in [5.74, 6) is 0.284. The van der Waals surface area contributed by atoms with Crippen LogP contribution in [0.25, 0.3) is 0 Å². The average molecular weight is 441 g/mol. The van der Waals surface area contributed by atoms with Gasteiger partial charge in [-0.1, -0.05) is 17.7 Å². The summed E-state index contributed by atoms with van der Waals surface area (Å²) in [4.78, 5) is 12.3. The zero-order valence-electron chi connectivity index (χ0n) is 10.1. The standard InChI is InChI=1S/C13H9Br2ClO3S/c14-10-7-11(20-12(10)15)13(17)19-5-4-18-9-3-1-2-8(16)6-9/h1-3,6-7H,4-5H2. The van der Waals surface area contributed by atoms with Gasteiger partial charge in [0.05, 0.1) is 3.79 Å². The highest BCUT2D eigenvalue weighted by molar-refractivity contribution is 9.13. The second-order valence-corrected chi connectivity index (χ2v) is 7.33. The van der Waals surface area contributed by atoms with Crippen LogP contribution in [0.15, 0.2) is 38.6 Å². The third-order valence-corrected chi connectivity index (χ3v) is 5.70. The Kier molecular flexibility index (Phi) is 5.89. The first kappa shape index (κ1) is 15.8. The van der Waals surface area contributed by atoms with Crippen molar-refractivity contribution in [2.75, 3.05) is 13.2 Å². The van der Waals surface area contributed by atoms with Gasteiger partial charge in [-0.05, 0) is 56.1 Å². The monoisotopic (exact) mass is 438 g/mol. The zero-order chi connectivity index (χ0) is 14.5. The van der Waals surface area contributed by atoms with Gasteiger partial charge >= 0.3 is 5.97 Å². The SMILES string of the molecule is O=C(OCCOc1cccc(Cl)c1)c1cc(Br)c(Br)s1. The summed E-state index contributed by atoms with van der Waals surface area (Å²) in [7, 11) is 0. The molecule has 0 fully saturated rings. The minimum absolute atomic E-state index is 0.179. The number of thiophene rings is 1. The van der Waals surface area contributed by atoms with E-state index in [0.29, 0.717) is 15.6 Å². The molecule has 0 unspecified atom stereocenters. The van der Waals surface area contributed by atoms with Crippen LogP contribution in [-0.2, 0) is 4.74 Å². The van der Waals surface area contributed by atoms with Crippen molar-refractivity contribution in [2.45, 2.75) is 0 Å². The maximum atomic E-state index is 11.7. The number of carbonyl (C=O) groups is 1. The quantitative estimate of drug-likeness (QED) is 0.476. The molecule has 2 aromatic rings. The first-order valence-corrected chi connectivity index (χ1v) is 8.34. The summed E-state index contributed by atoms with van der Waals surface area (Å²) in [6, 6.07) is 8.78.